The van der Waals surface area contributed by atoms with Gasteiger partial charge in [-0.05, 0) is 12.8 Å². The van der Waals surface area contributed by atoms with Gasteiger partial charge in [-0.1, -0.05) is 5.82 Å². The normalized spacial score (nSPS) is 7.73. The number of unbranched alkanes of at least 4 members (excludes halogenated alkanes) is 3. The van der Waals surface area contributed by atoms with E-state index in [4.69, 9.17) is 15.3 Å². The molecule has 0 aromatic carbocycles. The van der Waals surface area contributed by atoms with Crippen molar-refractivity contribution in [2.24, 2.45) is 0 Å². The molecule has 0 atom stereocenters. The van der Waals surface area contributed by atoms with E-state index in [-0.39, 0.29) is 0 Å². The molecule has 3 nitrogen and oxygen atoms in total. The van der Waals surface area contributed by atoms with E-state index in [9.17, 15) is 0 Å². The molecule has 58 valence electrons. The second-order valence-corrected chi connectivity index (χ2v) is 2.06. The van der Waals surface area contributed by atoms with Gasteiger partial charge >= 0.3 is 7.12 Å². The predicted octanol–water partition coefficient (Wildman–Crippen LogP) is 0.0858. The van der Waals surface area contributed by atoms with Crippen molar-refractivity contribution >= 4 is 7.12 Å². The third-order valence-electron chi connectivity index (χ3n) is 1.07. The van der Waals surface area contributed by atoms with Gasteiger partial charge in [0.25, 0.3) is 0 Å². The molecule has 0 aliphatic carbocycles. The minimum absolute atomic E-state index is 0.545. The number of hydrogen-bond donors (Lipinski definition) is 2. The first-order chi connectivity index (χ1) is 5.27. The summed E-state index contributed by atoms with van der Waals surface area (Å²) in [4.78, 5) is 0. The number of nitriles is 1. The Kier molecular flexibility index (Phi) is 6.52. The van der Waals surface area contributed by atoms with E-state index in [0.29, 0.717) is 12.8 Å². The smallest absolute Gasteiger partial charge is 0.416 e. The van der Waals surface area contributed by atoms with E-state index < -0.39 is 7.12 Å². The molecule has 0 rings (SSSR count). The van der Waals surface area contributed by atoms with Gasteiger partial charge in [0.1, 0.15) is 0 Å². The topological polar surface area (TPSA) is 64.2 Å². The average Bonchev–Trinajstić information content (AvgIpc) is 1.96. The second-order valence-electron chi connectivity index (χ2n) is 2.06. The van der Waals surface area contributed by atoms with Crippen LogP contribution in [0.5, 0.6) is 0 Å². The minimum atomic E-state index is -1.52. The first-order valence-electron chi connectivity index (χ1n) is 3.49. The van der Waals surface area contributed by atoms with Gasteiger partial charge in [-0.15, -0.1) is 5.92 Å². The van der Waals surface area contributed by atoms with Crippen molar-refractivity contribution in [1.29, 1.82) is 5.26 Å². The Labute approximate surface area is 66.8 Å². The third-order valence-corrected chi connectivity index (χ3v) is 1.07. The van der Waals surface area contributed by atoms with Crippen molar-refractivity contribution in [1.82, 2.24) is 0 Å². The molecule has 0 radical (unpaired) electrons. The van der Waals surface area contributed by atoms with Crippen LogP contribution in [0.1, 0.15) is 25.7 Å². The fraction of sp³-hybridized carbons (Fsp3) is 0.571. The molecule has 0 aromatic heterocycles. The molecule has 0 heterocycles. The largest absolute Gasteiger partial charge is 0.544 e. The van der Waals surface area contributed by atoms with Crippen molar-refractivity contribution in [2.45, 2.75) is 25.7 Å². The zero-order valence-corrected chi connectivity index (χ0v) is 6.25. The van der Waals surface area contributed by atoms with Crippen LogP contribution in [0, 0.1) is 23.1 Å². The Hall–Kier alpha value is -0.965. The van der Waals surface area contributed by atoms with Gasteiger partial charge < -0.3 is 10.0 Å². The van der Waals surface area contributed by atoms with Gasteiger partial charge in [0.05, 0.1) is 6.07 Å². The van der Waals surface area contributed by atoms with Crippen LogP contribution in [0.2, 0.25) is 0 Å². The number of rotatable bonds is 3. The van der Waals surface area contributed by atoms with Crippen LogP contribution < -0.4 is 0 Å². The van der Waals surface area contributed by atoms with Gasteiger partial charge in [-0.25, -0.2) is 0 Å². The molecule has 0 aromatic rings. The SMILES string of the molecule is N#CCCCCC#CB(O)O. The highest BCUT2D eigenvalue weighted by molar-refractivity contribution is 6.51. The maximum absolute atomic E-state index is 8.28. The summed E-state index contributed by atoms with van der Waals surface area (Å²) in [7, 11) is -1.52. The van der Waals surface area contributed by atoms with E-state index in [2.05, 4.69) is 11.7 Å². The van der Waals surface area contributed by atoms with Crippen molar-refractivity contribution in [2.75, 3.05) is 0 Å². The van der Waals surface area contributed by atoms with Gasteiger partial charge in [0.15, 0.2) is 0 Å². The summed E-state index contributed by atoms with van der Waals surface area (Å²) in [6.07, 6.45) is 2.84. The zero-order valence-electron chi connectivity index (χ0n) is 6.25. The van der Waals surface area contributed by atoms with Gasteiger partial charge in [-0.2, -0.15) is 5.26 Å². The van der Waals surface area contributed by atoms with Crippen molar-refractivity contribution in [3.05, 3.63) is 0 Å². The molecular weight excluding hydrogens is 141 g/mol. The maximum atomic E-state index is 8.28. The summed E-state index contributed by atoms with van der Waals surface area (Å²) in [5, 5.41) is 24.7. The molecular formula is C7H10BNO2. The lowest BCUT2D eigenvalue weighted by molar-refractivity contribution is 0.427. The van der Waals surface area contributed by atoms with Crippen molar-refractivity contribution < 1.29 is 10.0 Å². The summed E-state index contributed by atoms with van der Waals surface area (Å²) in [5.74, 6) is 4.78. The lowest BCUT2D eigenvalue weighted by atomic mass is 9.94. The van der Waals surface area contributed by atoms with E-state index in [1.54, 1.807) is 0 Å². The summed E-state index contributed by atoms with van der Waals surface area (Å²) < 4.78 is 0. The molecule has 0 saturated heterocycles. The average molecular weight is 151 g/mol. The van der Waals surface area contributed by atoms with Crippen LogP contribution >= 0.6 is 0 Å². The van der Waals surface area contributed by atoms with Crippen LogP contribution in [0.4, 0.5) is 0 Å². The van der Waals surface area contributed by atoms with Gasteiger partial charge in [0.2, 0.25) is 0 Å². The lowest BCUT2D eigenvalue weighted by Gasteiger charge is -1.86. The molecule has 0 saturated carbocycles. The predicted molar refractivity (Wildman–Crippen MR) is 42.0 cm³/mol. The molecule has 0 bridgehead atoms. The third kappa shape index (κ3) is 9.03. The highest BCUT2D eigenvalue weighted by Crippen LogP contribution is 1.96. The minimum Gasteiger partial charge on any atom is -0.416 e. The van der Waals surface area contributed by atoms with Crippen molar-refractivity contribution in [3.63, 3.8) is 0 Å². The summed E-state index contributed by atoms with van der Waals surface area (Å²) in [5.41, 5.74) is 0. The van der Waals surface area contributed by atoms with Crippen LogP contribution in [0.15, 0.2) is 0 Å². The Bertz CT molecular complexity index is 187. The summed E-state index contributed by atoms with van der Waals surface area (Å²) in [6.45, 7) is 0. The standard InChI is InChI=1S/C7H10BNO2/c9-7-5-3-1-2-4-6-8(10)11/h10-11H,1-3,5H2. The highest BCUT2D eigenvalue weighted by atomic mass is 16.4. The first-order valence-corrected chi connectivity index (χ1v) is 3.49. The molecule has 0 fully saturated rings. The quantitative estimate of drug-likeness (QED) is 0.341. The monoisotopic (exact) mass is 151 g/mol. The molecule has 0 unspecified atom stereocenters. The zero-order chi connectivity index (χ0) is 8.53. The Morgan fingerprint density at radius 3 is 2.36 bits per heavy atom. The molecule has 11 heavy (non-hydrogen) atoms. The molecule has 2 N–H and O–H groups in total. The van der Waals surface area contributed by atoms with E-state index >= 15 is 0 Å². The van der Waals surface area contributed by atoms with E-state index in [1.165, 1.54) is 0 Å². The Balaban J connectivity index is 3.17. The van der Waals surface area contributed by atoms with Gasteiger partial charge in [-0.3, -0.25) is 0 Å². The second kappa shape index (κ2) is 7.15. The summed E-state index contributed by atoms with van der Waals surface area (Å²) in [6, 6.07) is 2.02. The molecule has 0 spiro atoms. The van der Waals surface area contributed by atoms with E-state index in [0.717, 1.165) is 12.8 Å². The molecule has 4 heteroatoms. The Morgan fingerprint density at radius 1 is 1.18 bits per heavy atom. The maximum Gasteiger partial charge on any atom is 0.544 e. The van der Waals surface area contributed by atoms with Crippen LogP contribution in [-0.4, -0.2) is 17.2 Å². The molecule has 0 aliphatic heterocycles. The number of hydrogen-bond acceptors (Lipinski definition) is 3. The number of nitrogens with zero attached hydrogens (tertiary/aromatic N) is 1. The first kappa shape index (κ1) is 10.0. The van der Waals surface area contributed by atoms with Crippen LogP contribution in [0.25, 0.3) is 0 Å². The van der Waals surface area contributed by atoms with Gasteiger partial charge in [0, 0.05) is 12.8 Å². The van der Waals surface area contributed by atoms with E-state index in [1.807, 2.05) is 6.07 Å². The van der Waals surface area contributed by atoms with Crippen molar-refractivity contribution in [3.8, 4) is 17.8 Å². The fourth-order valence-electron chi connectivity index (χ4n) is 0.581. The van der Waals surface area contributed by atoms with Crippen LogP contribution in [0.3, 0.4) is 0 Å². The molecule has 0 aliphatic rings. The lowest BCUT2D eigenvalue weighted by Crippen LogP contribution is -2.06. The fourth-order valence-corrected chi connectivity index (χ4v) is 0.581. The highest BCUT2D eigenvalue weighted by Gasteiger charge is 1.96. The molecule has 0 amide bonds. The van der Waals surface area contributed by atoms with Crippen LogP contribution in [-0.2, 0) is 0 Å². The summed E-state index contributed by atoms with van der Waals surface area (Å²) >= 11 is 0. The Morgan fingerprint density at radius 2 is 1.82 bits per heavy atom.